The summed E-state index contributed by atoms with van der Waals surface area (Å²) < 4.78 is 6.33. The molecule has 3 aromatic carbocycles. The highest BCUT2D eigenvalue weighted by Crippen LogP contribution is 2.43. The van der Waals surface area contributed by atoms with Crippen LogP contribution in [0.2, 0.25) is 0 Å². The zero-order valence-corrected chi connectivity index (χ0v) is 18.1. The van der Waals surface area contributed by atoms with Gasteiger partial charge in [0.05, 0.1) is 17.4 Å². The molecule has 5 rings (SSSR count). The summed E-state index contributed by atoms with van der Waals surface area (Å²) in [6.07, 6.45) is 1.84. The van der Waals surface area contributed by atoms with Gasteiger partial charge in [0, 0.05) is 17.1 Å². The molecule has 0 aliphatic heterocycles. The first kappa shape index (κ1) is 21.7. The van der Waals surface area contributed by atoms with Crippen molar-refractivity contribution in [2.24, 2.45) is 10.2 Å². The van der Waals surface area contributed by atoms with E-state index in [4.69, 9.17) is 9.84 Å². The van der Waals surface area contributed by atoms with Gasteiger partial charge in [0.1, 0.15) is 11.4 Å². The Labute approximate surface area is 198 Å². The van der Waals surface area contributed by atoms with Gasteiger partial charge in [-0.05, 0) is 42.0 Å². The van der Waals surface area contributed by atoms with Crippen molar-refractivity contribution in [1.29, 1.82) is 0 Å². The number of phenolic OH excluding ortho intramolecular Hbond substituents is 1. The second-order valence-electron chi connectivity index (χ2n) is 7.51. The first-order valence-corrected chi connectivity index (χ1v) is 10.5. The molecule has 2 aromatic heterocycles. The third-order valence-corrected chi connectivity index (χ3v) is 5.35. The van der Waals surface area contributed by atoms with Gasteiger partial charge in [-0.1, -0.05) is 42.5 Å². The summed E-state index contributed by atoms with van der Waals surface area (Å²) in [5, 5.41) is 39.9. The van der Waals surface area contributed by atoms with Gasteiger partial charge >= 0.3 is 6.16 Å². The number of carbonyl (C=O) groups is 1. The number of fused-ring (bicyclic) bond motifs is 1. The van der Waals surface area contributed by atoms with Gasteiger partial charge in [-0.2, -0.15) is 0 Å². The maximum atomic E-state index is 11.0. The van der Waals surface area contributed by atoms with Crippen molar-refractivity contribution in [2.75, 3.05) is 0 Å². The highest BCUT2D eigenvalue weighted by Gasteiger charge is 2.18. The summed E-state index contributed by atoms with van der Waals surface area (Å²) in [6.45, 7) is 0. The number of benzene rings is 3. The number of aromatic nitrogens is 2. The minimum atomic E-state index is -1.43. The quantitative estimate of drug-likeness (QED) is 0.152. The Morgan fingerprint density at radius 3 is 2.54 bits per heavy atom. The number of aromatic hydroxyl groups is 2. The second kappa shape index (κ2) is 8.99. The molecule has 0 spiro atoms. The molecule has 0 atom stereocenters. The Morgan fingerprint density at radius 1 is 0.914 bits per heavy atom. The Bertz CT molecular complexity index is 1580. The minimum Gasteiger partial charge on any atom is -0.505 e. The number of rotatable bonds is 5. The fraction of sp³-hybridized carbons (Fsp3) is 0. The number of hydrogen-bond donors (Lipinski definition) is 3. The highest BCUT2D eigenvalue weighted by atomic mass is 16.7. The molecule has 0 bridgehead atoms. The van der Waals surface area contributed by atoms with E-state index in [1.54, 1.807) is 53.4 Å². The lowest BCUT2D eigenvalue weighted by atomic mass is 10.0. The number of carboxylic acid groups (broad SMARTS) is 1. The molecule has 3 N–H and O–H groups in total. The van der Waals surface area contributed by atoms with Crippen molar-refractivity contribution in [1.82, 2.24) is 9.55 Å². The second-order valence-corrected chi connectivity index (χ2v) is 7.51. The van der Waals surface area contributed by atoms with Crippen LogP contribution in [0, 0.1) is 0 Å². The maximum Gasteiger partial charge on any atom is 0.511 e. The largest absolute Gasteiger partial charge is 0.511 e. The zero-order chi connectivity index (χ0) is 24.4. The minimum absolute atomic E-state index is 0.114. The van der Waals surface area contributed by atoms with Crippen molar-refractivity contribution in [2.45, 2.75) is 0 Å². The topological polar surface area (TPSA) is 130 Å². The van der Waals surface area contributed by atoms with E-state index in [9.17, 15) is 15.0 Å². The van der Waals surface area contributed by atoms with Gasteiger partial charge in [-0.25, -0.2) is 4.79 Å². The van der Waals surface area contributed by atoms with Gasteiger partial charge < -0.3 is 20.1 Å². The molecular weight excluding hydrogens is 448 g/mol. The lowest BCUT2D eigenvalue weighted by Gasteiger charge is -2.08. The fourth-order valence-electron chi connectivity index (χ4n) is 3.83. The number of hydrogen-bond acceptors (Lipinski definition) is 7. The van der Waals surface area contributed by atoms with Crippen molar-refractivity contribution in [3.05, 3.63) is 91.3 Å². The van der Waals surface area contributed by atoms with E-state index in [1.807, 2.05) is 30.3 Å². The van der Waals surface area contributed by atoms with Crippen LogP contribution in [0.3, 0.4) is 0 Å². The molecule has 0 aliphatic carbocycles. The van der Waals surface area contributed by atoms with Crippen LogP contribution in [0.4, 0.5) is 16.2 Å². The third-order valence-electron chi connectivity index (χ3n) is 5.35. The predicted molar refractivity (Wildman–Crippen MR) is 129 cm³/mol. The zero-order valence-electron chi connectivity index (χ0n) is 18.1. The lowest BCUT2D eigenvalue weighted by Crippen LogP contribution is -2.02. The van der Waals surface area contributed by atoms with Crippen LogP contribution in [-0.4, -0.2) is 31.0 Å². The summed E-state index contributed by atoms with van der Waals surface area (Å²) in [7, 11) is 0. The summed E-state index contributed by atoms with van der Waals surface area (Å²) in [5.74, 6) is -0.147. The van der Waals surface area contributed by atoms with Crippen LogP contribution in [0.25, 0.3) is 27.7 Å². The van der Waals surface area contributed by atoms with Gasteiger partial charge in [0.25, 0.3) is 0 Å². The molecule has 35 heavy (non-hydrogen) atoms. The Hall–Kier alpha value is -5.18. The summed E-state index contributed by atoms with van der Waals surface area (Å²) in [4.78, 5) is 15.0. The number of pyridine rings is 1. The molecule has 0 saturated carbocycles. The average Bonchev–Trinajstić information content (AvgIpc) is 3.14. The number of nitrogens with zero attached hydrogens (tertiary/aromatic N) is 4. The molecule has 0 aliphatic rings. The molecule has 172 valence electrons. The monoisotopic (exact) mass is 466 g/mol. The lowest BCUT2D eigenvalue weighted by molar-refractivity contribution is 0.144. The van der Waals surface area contributed by atoms with Crippen LogP contribution < -0.4 is 4.74 Å². The van der Waals surface area contributed by atoms with Gasteiger partial charge in [-0.3, -0.25) is 9.55 Å². The van der Waals surface area contributed by atoms with Gasteiger partial charge in [-0.15, -0.1) is 10.2 Å². The SMILES string of the molecule is O=C(O)Oc1cccc(-c2cccc(N=Nc3c(O)n(-c4cccnc4)c4ccccc34)c2O)c1. The molecule has 9 nitrogen and oxygen atoms in total. The smallest absolute Gasteiger partial charge is 0.505 e. The van der Waals surface area contributed by atoms with E-state index in [1.165, 1.54) is 12.1 Å². The molecule has 0 unspecified atom stereocenters. The number of para-hydroxylation sites is 2. The maximum absolute atomic E-state index is 11.0. The first-order valence-electron chi connectivity index (χ1n) is 10.5. The summed E-state index contributed by atoms with van der Waals surface area (Å²) >= 11 is 0. The van der Waals surface area contributed by atoms with Crippen LogP contribution >= 0.6 is 0 Å². The van der Waals surface area contributed by atoms with Crippen LogP contribution in [0.5, 0.6) is 17.4 Å². The van der Waals surface area contributed by atoms with Crippen molar-refractivity contribution < 1.29 is 24.9 Å². The molecule has 0 amide bonds. The molecular formula is C26H18N4O5. The Kier molecular flexibility index (Phi) is 5.56. The van der Waals surface area contributed by atoms with Crippen LogP contribution in [0.1, 0.15) is 0 Å². The normalized spacial score (nSPS) is 11.2. The van der Waals surface area contributed by atoms with E-state index in [0.717, 1.165) is 5.52 Å². The fourth-order valence-corrected chi connectivity index (χ4v) is 3.83. The summed E-state index contributed by atoms with van der Waals surface area (Å²) in [6, 6.07) is 22.2. The van der Waals surface area contributed by atoms with Crippen molar-refractivity contribution >= 4 is 28.4 Å². The first-order chi connectivity index (χ1) is 17.0. The Balaban J connectivity index is 1.56. The Morgan fingerprint density at radius 2 is 1.74 bits per heavy atom. The number of phenols is 1. The predicted octanol–water partition coefficient (Wildman–Crippen LogP) is 6.58. The third kappa shape index (κ3) is 4.13. The van der Waals surface area contributed by atoms with Crippen LogP contribution in [-0.2, 0) is 0 Å². The molecule has 2 heterocycles. The molecule has 0 saturated heterocycles. The van der Waals surface area contributed by atoms with E-state index < -0.39 is 6.16 Å². The van der Waals surface area contributed by atoms with Gasteiger partial charge in [0.15, 0.2) is 11.4 Å². The van der Waals surface area contributed by atoms with E-state index in [0.29, 0.717) is 22.2 Å². The summed E-state index contributed by atoms with van der Waals surface area (Å²) in [5.41, 5.74) is 2.75. The number of azo groups is 1. The molecule has 0 fully saturated rings. The van der Waals surface area contributed by atoms with Crippen molar-refractivity contribution in [3.8, 4) is 34.2 Å². The van der Waals surface area contributed by atoms with Crippen molar-refractivity contribution in [3.63, 3.8) is 0 Å². The number of ether oxygens (including phenoxy) is 1. The standard InChI is InChI=1S/C26H18N4O5/c31-24-19(16-6-3-8-18(14-16)35-26(33)34)10-4-11-21(24)28-29-23-20-9-1-2-12-22(20)30(25(23)32)17-7-5-13-27-15-17/h1-15,31-32H,(H,33,34). The highest BCUT2D eigenvalue weighted by molar-refractivity contribution is 5.96. The molecule has 9 heteroatoms. The van der Waals surface area contributed by atoms with Crippen LogP contribution in [0.15, 0.2) is 101 Å². The van der Waals surface area contributed by atoms with E-state index in [2.05, 4.69) is 15.2 Å². The average molecular weight is 466 g/mol. The molecule has 0 radical (unpaired) electrons. The van der Waals surface area contributed by atoms with E-state index in [-0.39, 0.29) is 28.8 Å². The molecule has 5 aromatic rings. The van der Waals surface area contributed by atoms with E-state index >= 15 is 0 Å². The van der Waals surface area contributed by atoms with Gasteiger partial charge in [0.2, 0.25) is 5.88 Å².